The summed E-state index contributed by atoms with van der Waals surface area (Å²) in [4.78, 5) is 17.1. The van der Waals surface area contributed by atoms with E-state index in [9.17, 15) is 4.79 Å². The first-order valence-electron chi connectivity index (χ1n) is 11.7. The van der Waals surface area contributed by atoms with Gasteiger partial charge in [0, 0.05) is 26.2 Å². The lowest BCUT2D eigenvalue weighted by Gasteiger charge is -2.22. The van der Waals surface area contributed by atoms with Crippen molar-refractivity contribution >= 4 is 5.91 Å². The van der Waals surface area contributed by atoms with E-state index in [0.717, 1.165) is 55.3 Å². The first kappa shape index (κ1) is 22.9. The van der Waals surface area contributed by atoms with Crippen molar-refractivity contribution in [3.8, 4) is 11.5 Å². The van der Waals surface area contributed by atoms with Crippen molar-refractivity contribution < 1.29 is 18.7 Å². The molecule has 2 aromatic carbocycles. The SMILES string of the molecule is CCCN(CCC)C(=O)c1ccc(CN(Cc2ccccc2)Cc2ccc3c(c2)OCO3)o1. The third-order valence-corrected chi connectivity index (χ3v) is 5.62. The van der Waals surface area contributed by atoms with Crippen molar-refractivity contribution in [3.05, 3.63) is 83.3 Å². The van der Waals surface area contributed by atoms with Gasteiger partial charge in [-0.25, -0.2) is 0 Å². The van der Waals surface area contributed by atoms with Crippen LogP contribution in [0.4, 0.5) is 0 Å². The van der Waals surface area contributed by atoms with Crippen LogP contribution in [-0.4, -0.2) is 35.6 Å². The van der Waals surface area contributed by atoms with Gasteiger partial charge in [0.25, 0.3) is 5.91 Å². The molecular formula is C27H32N2O4. The third kappa shape index (κ3) is 5.96. The molecule has 1 aromatic heterocycles. The van der Waals surface area contributed by atoms with E-state index in [4.69, 9.17) is 13.9 Å². The molecule has 0 unspecified atom stereocenters. The minimum Gasteiger partial charge on any atom is -0.455 e. The molecule has 174 valence electrons. The normalized spacial score (nSPS) is 12.3. The second-order valence-electron chi connectivity index (χ2n) is 8.38. The molecule has 4 rings (SSSR count). The van der Waals surface area contributed by atoms with E-state index in [1.807, 2.05) is 41.3 Å². The Kier molecular flexibility index (Phi) is 7.68. The van der Waals surface area contributed by atoms with Gasteiger partial charge in [0.15, 0.2) is 17.3 Å². The summed E-state index contributed by atoms with van der Waals surface area (Å²) in [5.74, 6) is 2.73. The van der Waals surface area contributed by atoms with Crippen LogP contribution in [0.5, 0.6) is 11.5 Å². The van der Waals surface area contributed by atoms with E-state index < -0.39 is 0 Å². The van der Waals surface area contributed by atoms with Gasteiger partial charge in [-0.1, -0.05) is 50.2 Å². The van der Waals surface area contributed by atoms with Crippen molar-refractivity contribution in [2.75, 3.05) is 19.9 Å². The van der Waals surface area contributed by atoms with Crippen LogP contribution in [0, 0.1) is 0 Å². The van der Waals surface area contributed by atoms with Crippen LogP contribution >= 0.6 is 0 Å². The zero-order valence-electron chi connectivity index (χ0n) is 19.5. The van der Waals surface area contributed by atoms with E-state index in [2.05, 4.69) is 36.9 Å². The topological polar surface area (TPSA) is 55.2 Å². The molecule has 0 saturated heterocycles. The summed E-state index contributed by atoms with van der Waals surface area (Å²) < 4.78 is 17.0. The van der Waals surface area contributed by atoms with Crippen LogP contribution in [0.3, 0.4) is 0 Å². The van der Waals surface area contributed by atoms with Gasteiger partial charge in [0.1, 0.15) is 5.76 Å². The Bertz CT molecular complexity index is 1040. The van der Waals surface area contributed by atoms with Gasteiger partial charge in [0.05, 0.1) is 6.54 Å². The van der Waals surface area contributed by atoms with Gasteiger partial charge in [-0.15, -0.1) is 0 Å². The molecule has 0 bridgehead atoms. The minimum absolute atomic E-state index is 0.0321. The van der Waals surface area contributed by atoms with Gasteiger partial charge in [0.2, 0.25) is 6.79 Å². The minimum atomic E-state index is -0.0321. The number of hydrogen-bond donors (Lipinski definition) is 0. The summed E-state index contributed by atoms with van der Waals surface area (Å²) in [7, 11) is 0. The van der Waals surface area contributed by atoms with Crippen LogP contribution in [0.2, 0.25) is 0 Å². The molecule has 0 atom stereocenters. The Hall–Kier alpha value is -3.25. The van der Waals surface area contributed by atoms with Crippen molar-refractivity contribution in [1.82, 2.24) is 9.80 Å². The van der Waals surface area contributed by atoms with Crippen molar-refractivity contribution in [3.63, 3.8) is 0 Å². The second-order valence-corrected chi connectivity index (χ2v) is 8.38. The molecular weight excluding hydrogens is 416 g/mol. The molecule has 0 fully saturated rings. The number of ether oxygens (including phenoxy) is 2. The molecule has 3 aromatic rings. The molecule has 1 aliphatic heterocycles. The Morgan fingerprint density at radius 1 is 0.818 bits per heavy atom. The van der Waals surface area contributed by atoms with Gasteiger partial charge in [-0.2, -0.15) is 0 Å². The lowest BCUT2D eigenvalue weighted by Crippen LogP contribution is -2.32. The molecule has 6 heteroatoms. The van der Waals surface area contributed by atoms with E-state index in [0.29, 0.717) is 18.8 Å². The lowest BCUT2D eigenvalue weighted by atomic mass is 10.1. The third-order valence-electron chi connectivity index (χ3n) is 5.62. The Labute approximate surface area is 195 Å². The molecule has 1 aliphatic rings. The highest BCUT2D eigenvalue weighted by Crippen LogP contribution is 2.33. The van der Waals surface area contributed by atoms with Crippen LogP contribution in [-0.2, 0) is 19.6 Å². The number of benzene rings is 2. The highest BCUT2D eigenvalue weighted by atomic mass is 16.7. The summed E-state index contributed by atoms with van der Waals surface area (Å²) in [5.41, 5.74) is 2.35. The maximum Gasteiger partial charge on any atom is 0.289 e. The number of nitrogens with zero attached hydrogens (tertiary/aromatic N) is 2. The Balaban J connectivity index is 1.50. The molecule has 0 aliphatic carbocycles. The van der Waals surface area contributed by atoms with Gasteiger partial charge in [-0.05, 0) is 48.2 Å². The smallest absolute Gasteiger partial charge is 0.289 e. The summed E-state index contributed by atoms with van der Waals surface area (Å²) in [6.07, 6.45) is 1.86. The quantitative estimate of drug-likeness (QED) is 0.389. The largest absolute Gasteiger partial charge is 0.455 e. The fourth-order valence-corrected chi connectivity index (χ4v) is 4.12. The first-order chi connectivity index (χ1) is 16.2. The van der Waals surface area contributed by atoms with Crippen LogP contribution < -0.4 is 9.47 Å². The predicted molar refractivity (Wildman–Crippen MR) is 127 cm³/mol. The van der Waals surface area contributed by atoms with Gasteiger partial charge >= 0.3 is 0 Å². The van der Waals surface area contributed by atoms with E-state index in [1.165, 1.54) is 5.56 Å². The average molecular weight is 449 g/mol. The maximum atomic E-state index is 12.9. The zero-order valence-corrected chi connectivity index (χ0v) is 19.5. The monoisotopic (exact) mass is 448 g/mol. The molecule has 1 amide bonds. The first-order valence-corrected chi connectivity index (χ1v) is 11.7. The van der Waals surface area contributed by atoms with Crippen molar-refractivity contribution in [2.24, 2.45) is 0 Å². The van der Waals surface area contributed by atoms with Gasteiger partial charge < -0.3 is 18.8 Å². The van der Waals surface area contributed by atoms with Crippen molar-refractivity contribution in [2.45, 2.75) is 46.3 Å². The van der Waals surface area contributed by atoms with E-state index in [-0.39, 0.29) is 12.7 Å². The number of rotatable bonds is 11. The molecule has 0 radical (unpaired) electrons. The van der Waals surface area contributed by atoms with Gasteiger partial charge in [-0.3, -0.25) is 9.69 Å². The highest BCUT2D eigenvalue weighted by Gasteiger charge is 2.20. The zero-order chi connectivity index (χ0) is 23.0. The summed E-state index contributed by atoms with van der Waals surface area (Å²) in [5, 5.41) is 0. The van der Waals surface area contributed by atoms with E-state index >= 15 is 0 Å². The number of amides is 1. The van der Waals surface area contributed by atoms with Crippen LogP contribution in [0.25, 0.3) is 0 Å². The number of furan rings is 1. The molecule has 0 saturated carbocycles. The predicted octanol–water partition coefficient (Wildman–Crippen LogP) is 5.47. The fourth-order valence-electron chi connectivity index (χ4n) is 4.12. The standard InChI is InChI=1S/C27H32N2O4/c1-3-14-29(15-4-2)27(30)25-13-11-23(33-25)19-28(17-21-8-6-5-7-9-21)18-22-10-12-24-26(16-22)32-20-31-24/h5-13,16H,3-4,14-15,17-20H2,1-2H3. The molecule has 2 heterocycles. The number of carbonyl (C=O) groups excluding carboxylic acids is 1. The van der Waals surface area contributed by atoms with Crippen molar-refractivity contribution in [1.29, 1.82) is 0 Å². The summed E-state index contributed by atoms with van der Waals surface area (Å²) in [6.45, 7) is 7.99. The van der Waals surface area contributed by atoms with Crippen LogP contribution in [0.1, 0.15) is 54.1 Å². The lowest BCUT2D eigenvalue weighted by molar-refractivity contribution is 0.0719. The molecule has 33 heavy (non-hydrogen) atoms. The Morgan fingerprint density at radius 2 is 1.55 bits per heavy atom. The average Bonchev–Trinajstić information content (AvgIpc) is 3.48. The summed E-state index contributed by atoms with van der Waals surface area (Å²) in [6, 6.07) is 20.1. The second kappa shape index (κ2) is 11.1. The van der Waals surface area contributed by atoms with Crippen LogP contribution in [0.15, 0.2) is 65.1 Å². The fraction of sp³-hybridized carbons (Fsp3) is 0.370. The summed E-state index contributed by atoms with van der Waals surface area (Å²) >= 11 is 0. The Morgan fingerprint density at radius 3 is 2.30 bits per heavy atom. The molecule has 6 nitrogen and oxygen atoms in total. The number of carbonyl (C=O) groups is 1. The number of fused-ring (bicyclic) bond motifs is 1. The maximum absolute atomic E-state index is 12.9. The molecule has 0 N–H and O–H groups in total. The molecule has 0 spiro atoms. The highest BCUT2D eigenvalue weighted by molar-refractivity contribution is 5.91. The van der Waals surface area contributed by atoms with E-state index in [1.54, 1.807) is 6.07 Å². The number of hydrogen-bond acceptors (Lipinski definition) is 5.